The van der Waals surface area contributed by atoms with Gasteiger partial charge in [-0.15, -0.1) is 0 Å². The van der Waals surface area contributed by atoms with Gasteiger partial charge < -0.3 is 4.90 Å². The molecule has 4 nitrogen and oxygen atoms in total. The van der Waals surface area contributed by atoms with E-state index >= 15 is 0 Å². The molecule has 31 heavy (non-hydrogen) atoms. The second-order valence-electron chi connectivity index (χ2n) is 8.35. The molecule has 2 aromatic rings. The van der Waals surface area contributed by atoms with E-state index in [1.807, 2.05) is 11.8 Å². The quantitative estimate of drug-likeness (QED) is 0.559. The van der Waals surface area contributed by atoms with E-state index < -0.39 is 0 Å². The van der Waals surface area contributed by atoms with Crippen LogP contribution < -0.4 is 4.90 Å². The Labute approximate surface area is 186 Å². The molecule has 0 N–H and O–H groups in total. The molecule has 2 aromatic carbocycles. The SMILES string of the molecule is CCN1C(=O)/C(=C\c2ccc(N(CC)CC)cc2)CCC1=NC1CC1c1ccccc1. The number of carbonyl (C=O) groups is 1. The van der Waals surface area contributed by atoms with Gasteiger partial charge in [0.05, 0.1) is 6.04 Å². The lowest BCUT2D eigenvalue weighted by atomic mass is 9.99. The van der Waals surface area contributed by atoms with Crippen LogP contribution in [-0.2, 0) is 4.79 Å². The number of hydrogen-bond acceptors (Lipinski definition) is 3. The molecule has 4 heteroatoms. The Morgan fingerprint density at radius 1 is 1.00 bits per heavy atom. The van der Waals surface area contributed by atoms with E-state index in [0.29, 0.717) is 18.5 Å². The standard InChI is InChI=1S/C27H33N3O/c1-4-29(5-2)23-15-12-20(13-16-23)18-22-14-17-26(30(6-3)27(22)31)28-25-19-24(25)21-10-8-7-9-11-21/h7-13,15-16,18,24-25H,4-6,14,17,19H2,1-3H3/b22-18-,28-26?. The number of aliphatic imine (C=N–C) groups is 1. The van der Waals surface area contributed by atoms with Crippen LogP contribution in [0.3, 0.4) is 0 Å². The van der Waals surface area contributed by atoms with Gasteiger partial charge in [0.25, 0.3) is 5.91 Å². The van der Waals surface area contributed by atoms with Gasteiger partial charge in [0.15, 0.2) is 0 Å². The Balaban J connectivity index is 1.46. The van der Waals surface area contributed by atoms with E-state index in [1.54, 1.807) is 0 Å². The molecule has 0 radical (unpaired) electrons. The molecule has 0 spiro atoms. The molecule has 162 valence electrons. The minimum Gasteiger partial charge on any atom is -0.372 e. The van der Waals surface area contributed by atoms with Gasteiger partial charge in [0.1, 0.15) is 5.84 Å². The Morgan fingerprint density at radius 2 is 1.71 bits per heavy atom. The summed E-state index contributed by atoms with van der Waals surface area (Å²) in [6.45, 7) is 9.03. The van der Waals surface area contributed by atoms with Crippen LogP contribution in [-0.4, -0.2) is 42.3 Å². The molecule has 1 saturated heterocycles. The zero-order chi connectivity index (χ0) is 21.8. The van der Waals surface area contributed by atoms with Gasteiger partial charge in [-0.25, -0.2) is 0 Å². The maximum absolute atomic E-state index is 13.2. The van der Waals surface area contributed by atoms with Gasteiger partial charge in [0, 0.05) is 43.2 Å². The summed E-state index contributed by atoms with van der Waals surface area (Å²) in [4.78, 5) is 22.3. The van der Waals surface area contributed by atoms with Crippen LogP contribution in [0.15, 0.2) is 65.2 Å². The highest BCUT2D eigenvalue weighted by Gasteiger charge is 2.39. The maximum atomic E-state index is 13.2. The second-order valence-corrected chi connectivity index (χ2v) is 8.35. The highest BCUT2D eigenvalue weighted by atomic mass is 16.2. The molecule has 0 aromatic heterocycles. The highest BCUT2D eigenvalue weighted by Crippen LogP contribution is 2.44. The summed E-state index contributed by atoms with van der Waals surface area (Å²) in [5.74, 6) is 1.57. The van der Waals surface area contributed by atoms with E-state index in [4.69, 9.17) is 4.99 Å². The largest absolute Gasteiger partial charge is 0.372 e. The Morgan fingerprint density at radius 3 is 2.35 bits per heavy atom. The van der Waals surface area contributed by atoms with E-state index in [-0.39, 0.29) is 5.91 Å². The van der Waals surface area contributed by atoms with Crippen LogP contribution in [0, 0.1) is 0 Å². The molecule has 1 heterocycles. The minimum absolute atomic E-state index is 0.109. The van der Waals surface area contributed by atoms with Crippen LogP contribution in [0.5, 0.6) is 0 Å². The van der Waals surface area contributed by atoms with Gasteiger partial charge in [-0.3, -0.25) is 14.7 Å². The zero-order valence-electron chi connectivity index (χ0n) is 18.9. The number of likely N-dealkylation sites (N-methyl/N-ethyl adjacent to an activating group) is 1. The summed E-state index contributed by atoms with van der Waals surface area (Å²) in [6.07, 6.45) is 4.73. The first-order chi connectivity index (χ1) is 15.1. The molecule has 2 aliphatic rings. The summed E-state index contributed by atoms with van der Waals surface area (Å²) < 4.78 is 0. The van der Waals surface area contributed by atoms with Crippen molar-refractivity contribution in [3.8, 4) is 0 Å². The maximum Gasteiger partial charge on any atom is 0.255 e. The second kappa shape index (κ2) is 9.51. The van der Waals surface area contributed by atoms with Crippen molar-refractivity contribution in [2.24, 2.45) is 4.99 Å². The molecular weight excluding hydrogens is 382 g/mol. The van der Waals surface area contributed by atoms with Crippen LogP contribution in [0.1, 0.15) is 57.1 Å². The van der Waals surface area contributed by atoms with E-state index in [1.165, 1.54) is 11.3 Å². The van der Waals surface area contributed by atoms with Crippen molar-refractivity contribution in [3.63, 3.8) is 0 Å². The average Bonchev–Trinajstić information content (AvgIpc) is 3.57. The van der Waals surface area contributed by atoms with Crippen molar-refractivity contribution in [2.75, 3.05) is 24.5 Å². The fraction of sp³-hybridized carbons (Fsp3) is 0.407. The number of piperidine rings is 1. The summed E-state index contributed by atoms with van der Waals surface area (Å²) in [7, 11) is 0. The molecule has 2 atom stereocenters. The number of carbonyl (C=O) groups excluding carboxylic acids is 1. The van der Waals surface area contributed by atoms with Crippen molar-refractivity contribution >= 4 is 23.5 Å². The Kier molecular flexibility index (Phi) is 6.55. The smallest absolute Gasteiger partial charge is 0.255 e. The highest BCUT2D eigenvalue weighted by molar-refractivity contribution is 6.11. The van der Waals surface area contributed by atoms with Crippen molar-refractivity contribution < 1.29 is 4.79 Å². The number of anilines is 1. The number of amidine groups is 1. The molecule has 4 rings (SSSR count). The van der Waals surface area contributed by atoms with E-state index in [9.17, 15) is 4.79 Å². The number of hydrogen-bond donors (Lipinski definition) is 0. The van der Waals surface area contributed by atoms with Crippen LogP contribution in [0.25, 0.3) is 6.08 Å². The number of benzene rings is 2. The molecule has 1 aliphatic heterocycles. The van der Waals surface area contributed by atoms with Crippen molar-refractivity contribution in [2.45, 2.75) is 52.0 Å². The fourth-order valence-electron chi connectivity index (χ4n) is 4.52. The van der Waals surface area contributed by atoms with Gasteiger partial charge in [-0.2, -0.15) is 0 Å². The Bertz CT molecular complexity index is 958. The molecule has 1 saturated carbocycles. The van der Waals surface area contributed by atoms with E-state index in [0.717, 1.165) is 49.3 Å². The number of nitrogens with zero attached hydrogens (tertiary/aromatic N) is 3. The zero-order valence-corrected chi connectivity index (χ0v) is 18.9. The number of amides is 1. The lowest BCUT2D eigenvalue weighted by molar-refractivity contribution is -0.124. The molecule has 2 unspecified atom stereocenters. The number of likely N-dealkylation sites (tertiary alicyclic amines) is 1. The van der Waals surface area contributed by atoms with Gasteiger partial charge in [-0.1, -0.05) is 42.5 Å². The van der Waals surface area contributed by atoms with Gasteiger partial charge in [0.2, 0.25) is 0 Å². The first kappa shape index (κ1) is 21.4. The lowest BCUT2D eigenvalue weighted by Crippen LogP contribution is -2.41. The molecule has 1 aliphatic carbocycles. The summed E-state index contributed by atoms with van der Waals surface area (Å²) >= 11 is 0. The summed E-state index contributed by atoms with van der Waals surface area (Å²) in [5, 5.41) is 0. The predicted octanol–water partition coefficient (Wildman–Crippen LogP) is 5.51. The average molecular weight is 416 g/mol. The third kappa shape index (κ3) is 4.73. The molecule has 2 fully saturated rings. The van der Waals surface area contributed by atoms with E-state index in [2.05, 4.69) is 79.4 Å². The monoisotopic (exact) mass is 415 g/mol. The topological polar surface area (TPSA) is 35.9 Å². The molecule has 0 bridgehead atoms. The molecule has 1 amide bonds. The lowest BCUT2D eigenvalue weighted by Gasteiger charge is -2.29. The summed E-state index contributed by atoms with van der Waals surface area (Å²) in [6, 6.07) is 19.4. The minimum atomic E-state index is 0.109. The third-order valence-corrected chi connectivity index (χ3v) is 6.43. The van der Waals surface area contributed by atoms with Gasteiger partial charge in [-0.05, 0) is 62.9 Å². The molecular formula is C27H33N3O. The summed E-state index contributed by atoms with van der Waals surface area (Å²) in [5.41, 5.74) is 4.55. The van der Waals surface area contributed by atoms with Crippen molar-refractivity contribution in [3.05, 3.63) is 71.3 Å². The first-order valence-corrected chi connectivity index (χ1v) is 11.6. The van der Waals surface area contributed by atoms with Crippen molar-refractivity contribution in [1.82, 2.24) is 4.90 Å². The van der Waals surface area contributed by atoms with Gasteiger partial charge >= 0.3 is 0 Å². The number of rotatable bonds is 7. The third-order valence-electron chi connectivity index (χ3n) is 6.43. The van der Waals surface area contributed by atoms with Crippen LogP contribution in [0.4, 0.5) is 5.69 Å². The predicted molar refractivity (Wildman–Crippen MR) is 130 cm³/mol. The fourth-order valence-corrected chi connectivity index (χ4v) is 4.52. The van der Waals surface area contributed by atoms with Crippen LogP contribution >= 0.6 is 0 Å². The first-order valence-electron chi connectivity index (χ1n) is 11.6. The van der Waals surface area contributed by atoms with Crippen molar-refractivity contribution in [1.29, 1.82) is 0 Å². The normalized spacial score (nSPS) is 23.5. The van der Waals surface area contributed by atoms with Crippen LogP contribution in [0.2, 0.25) is 0 Å². The Hall–Kier alpha value is -2.88.